The number of pyridine rings is 1. The summed E-state index contributed by atoms with van der Waals surface area (Å²) in [5.74, 6) is -4.33. The average Bonchev–Trinajstić information content (AvgIpc) is 3.81. The van der Waals surface area contributed by atoms with Gasteiger partial charge in [0.05, 0.1) is 24.8 Å². The summed E-state index contributed by atoms with van der Waals surface area (Å²) in [6, 6.07) is 8.24. The molecule has 5 rings (SSSR count). The van der Waals surface area contributed by atoms with Gasteiger partial charge >= 0.3 is 0 Å². The van der Waals surface area contributed by atoms with Crippen molar-refractivity contribution in [2.24, 2.45) is 5.92 Å². The molecule has 0 saturated heterocycles. The zero-order valence-electron chi connectivity index (χ0n) is 23.3. The Hall–Kier alpha value is -4.23. The molecule has 0 bridgehead atoms. The van der Waals surface area contributed by atoms with Crippen LogP contribution in [0.2, 0.25) is 0 Å². The number of ether oxygens (including phenoxy) is 1. The number of aromatic nitrogens is 3. The minimum atomic E-state index is -2.90. The number of methoxy groups -OCH3 is 1. The fourth-order valence-electron chi connectivity index (χ4n) is 5.00. The van der Waals surface area contributed by atoms with Crippen molar-refractivity contribution in [3.05, 3.63) is 82.4 Å². The summed E-state index contributed by atoms with van der Waals surface area (Å²) in [5, 5.41) is 32.5. The van der Waals surface area contributed by atoms with Gasteiger partial charge in [0.25, 0.3) is 12.3 Å². The molecule has 4 aromatic rings. The zero-order chi connectivity index (χ0) is 31.3. The van der Waals surface area contributed by atoms with E-state index < -0.39 is 76.1 Å². The number of amides is 1. The maximum absolute atomic E-state index is 16.0. The highest BCUT2D eigenvalue weighted by Gasteiger charge is 2.50. The van der Waals surface area contributed by atoms with E-state index in [9.17, 15) is 28.2 Å². The second-order valence-corrected chi connectivity index (χ2v) is 10.9. The highest BCUT2D eigenvalue weighted by Crippen LogP contribution is 2.47. The van der Waals surface area contributed by atoms with E-state index in [1.54, 1.807) is 0 Å². The molecule has 2 aromatic carbocycles. The second-order valence-electron chi connectivity index (χ2n) is 10.9. The van der Waals surface area contributed by atoms with Gasteiger partial charge in [0, 0.05) is 16.5 Å². The maximum atomic E-state index is 16.0. The lowest BCUT2D eigenvalue weighted by Gasteiger charge is -2.31. The number of fused-ring (bicyclic) bond motifs is 1. The first-order valence-corrected chi connectivity index (χ1v) is 13.3. The maximum Gasteiger partial charge on any atom is 0.282 e. The van der Waals surface area contributed by atoms with Crippen LogP contribution < -0.4 is 10.1 Å². The summed E-state index contributed by atoms with van der Waals surface area (Å²) < 4.78 is 76.9. The number of nitrogens with zero attached hydrogens (tertiary/aromatic N) is 3. The highest BCUT2D eigenvalue weighted by molar-refractivity contribution is 5.99. The van der Waals surface area contributed by atoms with Crippen LogP contribution in [0.5, 0.6) is 5.75 Å². The molecule has 1 unspecified atom stereocenters. The largest absolute Gasteiger partial charge is 0.494 e. The van der Waals surface area contributed by atoms with Gasteiger partial charge in [-0.25, -0.2) is 26.9 Å². The number of carbonyl (C=O) groups excluding carboxylic acids is 1. The molecule has 1 saturated carbocycles. The smallest absolute Gasteiger partial charge is 0.282 e. The molecular weight excluding hydrogens is 575 g/mol. The Balaban J connectivity index is 1.55. The van der Waals surface area contributed by atoms with Gasteiger partial charge in [-0.3, -0.25) is 4.79 Å². The number of benzene rings is 2. The number of aliphatic hydroxyl groups is 2. The quantitative estimate of drug-likeness (QED) is 0.222. The number of nitrogens with one attached hydrogen (secondary N) is 1. The van der Waals surface area contributed by atoms with Gasteiger partial charge in [0.15, 0.2) is 11.6 Å². The van der Waals surface area contributed by atoms with Crippen molar-refractivity contribution < 1.29 is 41.7 Å². The van der Waals surface area contributed by atoms with Crippen LogP contribution in [-0.4, -0.2) is 45.0 Å². The number of hydrogen-bond acceptors (Lipinski definition) is 7. The lowest BCUT2D eigenvalue weighted by molar-refractivity contribution is 0.00419. The van der Waals surface area contributed by atoms with E-state index in [2.05, 4.69) is 20.5 Å². The van der Waals surface area contributed by atoms with Gasteiger partial charge in [-0.1, -0.05) is 0 Å². The summed E-state index contributed by atoms with van der Waals surface area (Å²) in [7, 11) is 1.30. The molecular formula is C30H27F5N4O4. The molecule has 226 valence electrons. The SMILES string of the molecule is COc1cc(C(=O)NCC(O)(c2nc(-c3ccc(F)cc3)c(F)c(C(C)(C)O)c2F)C2CC2)cc2cc(C(F)F)nnc12. The van der Waals surface area contributed by atoms with Crippen molar-refractivity contribution >= 4 is 16.8 Å². The van der Waals surface area contributed by atoms with Crippen LogP contribution >= 0.6 is 0 Å². The minimum Gasteiger partial charge on any atom is -0.494 e. The molecule has 1 aliphatic rings. The molecule has 1 atom stereocenters. The molecule has 0 spiro atoms. The highest BCUT2D eigenvalue weighted by atomic mass is 19.3. The van der Waals surface area contributed by atoms with E-state index in [0.717, 1.165) is 18.2 Å². The first-order chi connectivity index (χ1) is 20.2. The van der Waals surface area contributed by atoms with Crippen molar-refractivity contribution in [3.63, 3.8) is 0 Å². The first kappa shape index (κ1) is 30.2. The molecule has 43 heavy (non-hydrogen) atoms. The van der Waals surface area contributed by atoms with E-state index in [4.69, 9.17) is 4.74 Å². The molecule has 1 amide bonds. The molecule has 13 heteroatoms. The normalized spacial score (nSPS) is 15.0. The van der Waals surface area contributed by atoms with Crippen molar-refractivity contribution in [3.8, 4) is 17.0 Å². The number of halogens is 5. The van der Waals surface area contributed by atoms with Crippen molar-refractivity contribution in [2.75, 3.05) is 13.7 Å². The summed E-state index contributed by atoms with van der Waals surface area (Å²) in [5.41, 5.74) is -6.38. The van der Waals surface area contributed by atoms with Crippen LogP contribution in [0.4, 0.5) is 22.0 Å². The Bertz CT molecular complexity index is 1710. The molecule has 2 aromatic heterocycles. The molecule has 1 aliphatic carbocycles. The third-order valence-electron chi connectivity index (χ3n) is 7.37. The zero-order valence-corrected chi connectivity index (χ0v) is 23.3. The predicted molar refractivity (Wildman–Crippen MR) is 145 cm³/mol. The van der Waals surface area contributed by atoms with Gasteiger partial charge in [-0.2, -0.15) is 0 Å². The fourth-order valence-corrected chi connectivity index (χ4v) is 5.00. The Morgan fingerprint density at radius 1 is 1.05 bits per heavy atom. The van der Waals surface area contributed by atoms with Crippen LogP contribution in [0.1, 0.15) is 60.4 Å². The predicted octanol–water partition coefficient (Wildman–Crippen LogP) is 5.31. The Morgan fingerprint density at radius 2 is 1.72 bits per heavy atom. The van der Waals surface area contributed by atoms with Gasteiger partial charge in [-0.05, 0) is 75.1 Å². The number of hydrogen-bond donors (Lipinski definition) is 3. The molecule has 8 nitrogen and oxygen atoms in total. The van der Waals surface area contributed by atoms with Gasteiger partial charge < -0.3 is 20.3 Å². The lowest BCUT2D eigenvalue weighted by Crippen LogP contribution is -2.44. The third kappa shape index (κ3) is 5.74. The van der Waals surface area contributed by atoms with Crippen LogP contribution in [0.15, 0.2) is 42.5 Å². The van der Waals surface area contributed by atoms with Gasteiger partial charge in [0.2, 0.25) is 0 Å². The first-order valence-electron chi connectivity index (χ1n) is 13.3. The number of rotatable bonds is 9. The van der Waals surface area contributed by atoms with E-state index in [1.807, 2.05) is 0 Å². The van der Waals surface area contributed by atoms with Gasteiger partial charge in [-0.15, -0.1) is 10.2 Å². The molecule has 1 fully saturated rings. The Morgan fingerprint density at radius 3 is 2.30 bits per heavy atom. The monoisotopic (exact) mass is 602 g/mol. The van der Waals surface area contributed by atoms with E-state index >= 15 is 8.78 Å². The Kier molecular flexibility index (Phi) is 7.82. The number of alkyl halides is 2. The average molecular weight is 603 g/mol. The lowest BCUT2D eigenvalue weighted by atomic mass is 9.87. The summed E-state index contributed by atoms with van der Waals surface area (Å²) in [6.45, 7) is 1.76. The van der Waals surface area contributed by atoms with Crippen molar-refractivity contribution in [1.82, 2.24) is 20.5 Å². The van der Waals surface area contributed by atoms with Crippen LogP contribution in [0.3, 0.4) is 0 Å². The van der Waals surface area contributed by atoms with Crippen LogP contribution in [0.25, 0.3) is 22.2 Å². The summed E-state index contributed by atoms with van der Waals surface area (Å²) >= 11 is 0. The standard InChI is InChI=1S/C30H27F5N4O4/c1-29(2,41)21-22(32)25(14-4-8-18(31)9-5-14)37-26(23(21)33)30(42,17-6-7-17)13-36-28(40)16-10-15-11-19(27(34)35)38-39-24(15)20(12-16)43-3/h4-5,8-12,17,27,41-42H,6-7,13H2,1-3H3,(H,36,40). The van der Waals surface area contributed by atoms with Crippen molar-refractivity contribution in [2.45, 2.75) is 44.3 Å². The molecule has 0 aliphatic heterocycles. The van der Waals surface area contributed by atoms with Crippen LogP contribution in [-0.2, 0) is 11.2 Å². The van der Waals surface area contributed by atoms with Crippen LogP contribution in [0, 0.1) is 23.4 Å². The summed E-state index contributed by atoms with van der Waals surface area (Å²) in [4.78, 5) is 17.4. The second kappa shape index (κ2) is 11.1. The topological polar surface area (TPSA) is 117 Å². The van der Waals surface area contributed by atoms with Gasteiger partial charge in [0.1, 0.15) is 39.8 Å². The van der Waals surface area contributed by atoms with E-state index in [0.29, 0.717) is 12.8 Å². The van der Waals surface area contributed by atoms with E-state index in [1.165, 1.54) is 45.2 Å². The van der Waals surface area contributed by atoms with Crippen molar-refractivity contribution in [1.29, 1.82) is 0 Å². The minimum absolute atomic E-state index is 0.0348. The summed E-state index contributed by atoms with van der Waals surface area (Å²) in [6.07, 6.45) is -2.03. The molecule has 3 N–H and O–H groups in total. The molecule has 2 heterocycles. The Labute approximate surface area is 242 Å². The fraction of sp³-hybridized carbons (Fsp3) is 0.333. The van der Waals surface area contributed by atoms with E-state index in [-0.39, 0.29) is 27.8 Å². The molecule has 0 radical (unpaired) electrons. The third-order valence-corrected chi connectivity index (χ3v) is 7.37. The number of carbonyl (C=O) groups is 1.